The van der Waals surface area contributed by atoms with Crippen molar-refractivity contribution in [3.05, 3.63) is 50.6 Å². The van der Waals surface area contributed by atoms with Gasteiger partial charge >= 0.3 is 5.82 Å². The van der Waals surface area contributed by atoms with Crippen LogP contribution in [0.1, 0.15) is 5.56 Å². The molecule has 94 valence electrons. The van der Waals surface area contributed by atoms with E-state index in [1.54, 1.807) is 13.3 Å². The van der Waals surface area contributed by atoms with Crippen LogP contribution in [0.4, 0.5) is 5.82 Å². The number of methoxy groups -OCH3 is 1. The third kappa shape index (κ3) is 2.51. The van der Waals surface area contributed by atoms with Crippen LogP contribution in [0.5, 0.6) is 5.75 Å². The highest BCUT2D eigenvalue weighted by Gasteiger charge is 2.19. The molecule has 0 aliphatic heterocycles. The molecule has 1 aromatic carbocycles. The molecular formula is C11H10BrN3O3. The summed E-state index contributed by atoms with van der Waals surface area (Å²) in [7, 11) is 1.58. The van der Waals surface area contributed by atoms with Gasteiger partial charge in [0.2, 0.25) is 0 Å². The van der Waals surface area contributed by atoms with Crippen LogP contribution in [-0.4, -0.2) is 21.8 Å². The zero-order valence-electron chi connectivity index (χ0n) is 9.54. The van der Waals surface area contributed by atoms with Gasteiger partial charge in [-0.25, -0.2) is 0 Å². The molecule has 0 fully saturated rings. The lowest BCUT2D eigenvalue weighted by Crippen LogP contribution is -2.03. The zero-order valence-corrected chi connectivity index (χ0v) is 11.1. The summed E-state index contributed by atoms with van der Waals surface area (Å²) in [6, 6.07) is 7.47. The van der Waals surface area contributed by atoms with Gasteiger partial charge in [-0.2, -0.15) is 4.68 Å². The van der Waals surface area contributed by atoms with E-state index in [0.717, 1.165) is 11.3 Å². The normalized spacial score (nSPS) is 10.3. The van der Waals surface area contributed by atoms with Gasteiger partial charge in [0.1, 0.15) is 10.2 Å². The third-order valence-electron chi connectivity index (χ3n) is 2.40. The van der Waals surface area contributed by atoms with Crippen molar-refractivity contribution in [1.29, 1.82) is 0 Å². The summed E-state index contributed by atoms with van der Waals surface area (Å²) in [6.45, 7) is 0.413. The molecule has 0 amide bonds. The van der Waals surface area contributed by atoms with Crippen LogP contribution >= 0.6 is 15.9 Å². The van der Waals surface area contributed by atoms with E-state index in [1.165, 1.54) is 4.68 Å². The SMILES string of the molecule is COc1ccccc1Cn1cc(Br)c([N+](=O)[O-])n1. The quantitative estimate of drug-likeness (QED) is 0.643. The Balaban J connectivity index is 2.29. The average Bonchev–Trinajstić information content (AvgIpc) is 2.71. The van der Waals surface area contributed by atoms with Gasteiger partial charge in [-0.15, -0.1) is 0 Å². The number of rotatable bonds is 4. The number of ether oxygens (including phenoxy) is 1. The molecule has 0 bridgehead atoms. The first-order valence-electron chi connectivity index (χ1n) is 5.11. The van der Waals surface area contributed by atoms with Gasteiger partial charge in [0.05, 0.1) is 25.0 Å². The minimum Gasteiger partial charge on any atom is -0.496 e. The Kier molecular flexibility index (Phi) is 3.61. The van der Waals surface area contributed by atoms with E-state index in [1.807, 2.05) is 24.3 Å². The Morgan fingerprint density at radius 2 is 2.22 bits per heavy atom. The number of para-hydroxylation sites is 1. The first kappa shape index (κ1) is 12.6. The standard InChI is InChI=1S/C11H10BrN3O3/c1-18-10-5-3-2-4-8(10)6-14-7-9(12)11(13-14)15(16)17/h2-5,7H,6H2,1H3. The van der Waals surface area contributed by atoms with Crippen molar-refractivity contribution >= 4 is 21.7 Å². The fraction of sp³-hybridized carbons (Fsp3) is 0.182. The number of nitro groups is 1. The number of aromatic nitrogens is 2. The molecule has 2 rings (SSSR count). The van der Waals surface area contributed by atoms with Crippen molar-refractivity contribution in [3.8, 4) is 5.75 Å². The lowest BCUT2D eigenvalue weighted by atomic mass is 10.2. The largest absolute Gasteiger partial charge is 0.496 e. The topological polar surface area (TPSA) is 70.2 Å². The molecule has 0 saturated carbocycles. The van der Waals surface area contributed by atoms with Gasteiger partial charge in [-0.1, -0.05) is 18.2 Å². The molecule has 6 nitrogen and oxygen atoms in total. The summed E-state index contributed by atoms with van der Waals surface area (Å²) in [5.74, 6) is 0.539. The molecule has 0 radical (unpaired) electrons. The van der Waals surface area contributed by atoms with Gasteiger partial charge in [0.25, 0.3) is 0 Å². The maximum absolute atomic E-state index is 10.7. The lowest BCUT2D eigenvalue weighted by Gasteiger charge is -2.05. The summed E-state index contributed by atoms with van der Waals surface area (Å²) >= 11 is 3.11. The molecule has 7 heteroatoms. The van der Waals surface area contributed by atoms with Crippen molar-refractivity contribution in [2.45, 2.75) is 6.54 Å². The predicted octanol–water partition coefficient (Wildman–Crippen LogP) is 2.61. The molecule has 18 heavy (non-hydrogen) atoms. The molecule has 0 spiro atoms. The average molecular weight is 312 g/mol. The van der Waals surface area contributed by atoms with Crippen LogP contribution in [0.25, 0.3) is 0 Å². The van der Waals surface area contributed by atoms with Crippen molar-refractivity contribution in [2.24, 2.45) is 0 Å². The second kappa shape index (κ2) is 5.18. The van der Waals surface area contributed by atoms with Gasteiger partial charge in [0, 0.05) is 5.56 Å². The number of halogens is 1. The van der Waals surface area contributed by atoms with Crippen molar-refractivity contribution < 1.29 is 9.66 Å². The second-order valence-electron chi connectivity index (χ2n) is 3.57. The summed E-state index contributed by atoms with van der Waals surface area (Å²) in [4.78, 5) is 10.2. The number of nitrogens with zero attached hydrogens (tertiary/aromatic N) is 3. The zero-order chi connectivity index (χ0) is 13.1. The van der Waals surface area contributed by atoms with Crippen LogP contribution in [0.3, 0.4) is 0 Å². The minimum absolute atomic E-state index is 0.190. The van der Waals surface area contributed by atoms with E-state index in [0.29, 0.717) is 11.0 Å². The number of benzene rings is 1. The lowest BCUT2D eigenvalue weighted by molar-refractivity contribution is -0.390. The summed E-state index contributed by atoms with van der Waals surface area (Å²) in [5.41, 5.74) is 0.907. The molecule has 0 unspecified atom stereocenters. The van der Waals surface area contributed by atoms with E-state index >= 15 is 0 Å². The Morgan fingerprint density at radius 1 is 1.50 bits per heavy atom. The van der Waals surface area contributed by atoms with Gasteiger partial charge in [-0.3, -0.25) is 0 Å². The maximum atomic E-state index is 10.7. The van der Waals surface area contributed by atoms with Crippen LogP contribution in [0.15, 0.2) is 34.9 Å². The van der Waals surface area contributed by atoms with E-state index in [4.69, 9.17) is 4.74 Å². The van der Waals surface area contributed by atoms with Gasteiger partial charge in [0.15, 0.2) is 0 Å². The fourth-order valence-electron chi connectivity index (χ4n) is 1.60. The molecule has 0 N–H and O–H groups in total. The molecule has 2 aromatic rings. The second-order valence-corrected chi connectivity index (χ2v) is 4.42. The summed E-state index contributed by atoms with van der Waals surface area (Å²) in [5, 5.41) is 14.6. The van der Waals surface area contributed by atoms with Crippen molar-refractivity contribution in [2.75, 3.05) is 7.11 Å². The van der Waals surface area contributed by atoms with Crippen LogP contribution in [0, 0.1) is 10.1 Å². The first-order chi connectivity index (χ1) is 8.61. The van der Waals surface area contributed by atoms with E-state index in [9.17, 15) is 10.1 Å². The highest BCUT2D eigenvalue weighted by molar-refractivity contribution is 9.10. The van der Waals surface area contributed by atoms with E-state index in [2.05, 4.69) is 21.0 Å². The highest BCUT2D eigenvalue weighted by atomic mass is 79.9. The Morgan fingerprint density at radius 3 is 2.83 bits per heavy atom. The van der Waals surface area contributed by atoms with Gasteiger partial charge < -0.3 is 14.9 Å². The molecule has 0 aliphatic rings. The molecule has 0 aliphatic carbocycles. The highest BCUT2D eigenvalue weighted by Crippen LogP contribution is 2.24. The summed E-state index contributed by atoms with van der Waals surface area (Å²) in [6.07, 6.45) is 1.57. The first-order valence-corrected chi connectivity index (χ1v) is 5.90. The van der Waals surface area contributed by atoms with Crippen LogP contribution in [-0.2, 0) is 6.54 Å². The fourth-order valence-corrected chi connectivity index (χ4v) is 2.06. The maximum Gasteiger partial charge on any atom is 0.404 e. The van der Waals surface area contributed by atoms with Crippen molar-refractivity contribution in [1.82, 2.24) is 9.78 Å². The molecule has 0 saturated heterocycles. The molecular weight excluding hydrogens is 302 g/mol. The molecule has 1 heterocycles. The summed E-state index contributed by atoms with van der Waals surface area (Å²) < 4.78 is 7.08. The molecule has 0 atom stereocenters. The van der Waals surface area contributed by atoms with E-state index in [-0.39, 0.29) is 5.82 Å². The smallest absolute Gasteiger partial charge is 0.404 e. The number of hydrogen-bond donors (Lipinski definition) is 0. The van der Waals surface area contributed by atoms with Crippen LogP contribution < -0.4 is 4.74 Å². The van der Waals surface area contributed by atoms with Gasteiger partial charge in [-0.05, 0) is 26.9 Å². The number of hydrogen-bond acceptors (Lipinski definition) is 4. The minimum atomic E-state index is -0.525. The monoisotopic (exact) mass is 311 g/mol. The third-order valence-corrected chi connectivity index (χ3v) is 2.96. The molecule has 1 aromatic heterocycles. The Bertz CT molecular complexity index is 583. The Hall–Kier alpha value is -1.89. The Labute approximate surface area is 111 Å². The predicted molar refractivity (Wildman–Crippen MR) is 68.7 cm³/mol. The van der Waals surface area contributed by atoms with Crippen LogP contribution in [0.2, 0.25) is 0 Å². The van der Waals surface area contributed by atoms with Crippen molar-refractivity contribution in [3.63, 3.8) is 0 Å². The van der Waals surface area contributed by atoms with E-state index < -0.39 is 4.92 Å².